The molecule has 0 radical (unpaired) electrons. The topological polar surface area (TPSA) is 30.2 Å². The first-order valence-corrected chi connectivity index (χ1v) is 5.76. The van der Waals surface area contributed by atoms with E-state index in [-0.39, 0.29) is 11.7 Å². The molecule has 0 aliphatic heterocycles. The zero-order valence-electron chi connectivity index (χ0n) is 9.45. The molecule has 0 spiro atoms. The van der Waals surface area contributed by atoms with Crippen LogP contribution >= 0.6 is 0 Å². The molecule has 1 heterocycles. The highest BCUT2D eigenvalue weighted by Crippen LogP contribution is 2.31. The largest absolute Gasteiger partial charge is 0.461 e. The molecular weight excluding hydrogens is 188 g/mol. The van der Waals surface area contributed by atoms with Gasteiger partial charge in [-0.15, -0.1) is 0 Å². The fourth-order valence-electron chi connectivity index (χ4n) is 2.33. The van der Waals surface area contributed by atoms with Gasteiger partial charge in [0.25, 0.3) is 0 Å². The third kappa shape index (κ3) is 2.14. The summed E-state index contributed by atoms with van der Waals surface area (Å²) in [4.78, 5) is 12.1. The van der Waals surface area contributed by atoms with Gasteiger partial charge >= 0.3 is 0 Å². The Morgan fingerprint density at radius 1 is 1.33 bits per heavy atom. The average Bonchev–Trinajstić information content (AvgIpc) is 2.65. The number of hydrogen-bond donors (Lipinski definition) is 0. The molecule has 1 fully saturated rings. The minimum absolute atomic E-state index is 0.200. The highest BCUT2D eigenvalue weighted by atomic mass is 16.3. The van der Waals surface area contributed by atoms with Gasteiger partial charge in [0.15, 0.2) is 5.76 Å². The number of ketones is 1. The quantitative estimate of drug-likeness (QED) is 0.692. The highest BCUT2D eigenvalue weighted by molar-refractivity contribution is 5.96. The molecule has 2 nitrogen and oxygen atoms in total. The van der Waals surface area contributed by atoms with Crippen LogP contribution in [0.5, 0.6) is 0 Å². The van der Waals surface area contributed by atoms with Crippen molar-refractivity contribution in [2.24, 2.45) is 11.8 Å². The Labute approximate surface area is 90.7 Å². The number of Topliss-reactive ketones (excluding diaryl/α,β-unsaturated/α-hetero) is 1. The van der Waals surface area contributed by atoms with Gasteiger partial charge in [-0.1, -0.05) is 19.8 Å². The summed E-state index contributed by atoms with van der Waals surface area (Å²) in [6.07, 6.45) is 6.01. The molecule has 0 aromatic carbocycles. The van der Waals surface area contributed by atoms with E-state index in [4.69, 9.17) is 4.42 Å². The second kappa shape index (κ2) is 4.21. The zero-order valence-corrected chi connectivity index (χ0v) is 9.45. The van der Waals surface area contributed by atoms with E-state index in [2.05, 4.69) is 6.92 Å². The van der Waals surface area contributed by atoms with Crippen LogP contribution in [0.4, 0.5) is 0 Å². The third-order valence-electron chi connectivity index (χ3n) is 3.47. The van der Waals surface area contributed by atoms with Crippen LogP contribution in [0, 0.1) is 18.8 Å². The van der Waals surface area contributed by atoms with Crippen molar-refractivity contribution in [1.29, 1.82) is 0 Å². The first-order valence-electron chi connectivity index (χ1n) is 5.76. The highest BCUT2D eigenvalue weighted by Gasteiger charge is 2.27. The average molecular weight is 206 g/mol. The Balaban J connectivity index is 2.06. The van der Waals surface area contributed by atoms with Crippen LogP contribution < -0.4 is 0 Å². The molecular formula is C13H18O2. The fraction of sp³-hybridized carbons (Fsp3) is 0.615. The number of carbonyl (C=O) groups is 1. The summed E-state index contributed by atoms with van der Waals surface area (Å²) in [5.41, 5.74) is 0.971. The smallest absolute Gasteiger partial charge is 0.201 e. The van der Waals surface area contributed by atoms with Gasteiger partial charge in [0.05, 0.1) is 6.26 Å². The summed E-state index contributed by atoms with van der Waals surface area (Å²) in [5.74, 6) is 1.77. The van der Waals surface area contributed by atoms with E-state index in [1.807, 2.05) is 13.0 Å². The van der Waals surface area contributed by atoms with Gasteiger partial charge in [-0.3, -0.25) is 4.79 Å². The van der Waals surface area contributed by atoms with Crippen LogP contribution in [-0.4, -0.2) is 5.78 Å². The second-order valence-corrected chi connectivity index (χ2v) is 4.75. The lowest BCUT2D eigenvalue weighted by molar-refractivity contribution is 0.0846. The number of hydrogen-bond acceptors (Lipinski definition) is 2. The Morgan fingerprint density at radius 2 is 2.00 bits per heavy atom. The minimum atomic E-state index is 0.200. The molecule has 1 saturated carbocycles. The van der Waals surface area contributed by atoms with Crippen molar-refractivity contribution in [2.75, 3.05) is 0 Å². The Bertz CT molecular complexity index is 343. The first kappa shape index (κ1) is 10.5. The summed E-state index contributed by atoms with van der Waals surface area (Å²) in [6.45, 7) is 4.20. The molecule has 0 unspecified atom stereocenters. The SMILES string of the molecule is Cc1ccoc1C(=O)C1CCC(C)CC1. The molecule has 2 heteroatoms. The van der Waals surface area contributed by atoms with Crippen molar-refractivity contribution >= 4 is 5.78 Å². The van der Waals surface area contributed by atoms with Gasteiger partial charge in [0.1, 0.15) is 0 Å². The molecule has 0 N–H and O–H groups in total. The maximum atomic E-state index is 12.1. The predicted molar refractivity (Wildman–Crippen MR) is 58.9 cm³/mol. The van der Waals surface area contributed by atoms with Crippen LogP contribution in [-0.2, 0) is 0 Å². The Kier molecular flexibility index (Phi) is 2.94. The molecule has 0 saturated heterocycles. The van der Waals surface area contributed by atoms with Crippen LogP contribution in [0.2, 0.25) is 0 Å². The molecule has 1 aliphatic carbocycles. The van der Waals surface area contributed by atoms with E-state index in [9.17, 15) is 4.79 Å². The van der Waals surface area contributed by atoms with Crippen molar-refractivity contribution in [1.82, 2.24) is 0 Å². The molecule has 2 rings (SSSR count). The molecule has 0 amide bonds. The van der Waals surface area contributed by atoms with Gasteiger partial charge in [-0.05, 0) is 37.3 Å². The van der Waals surface area contributed by atoms with Crippen LogP contribution in [0.25, 0.3) is 0 Å². The first-order chi connectivity index (χ1) is 7.18. The minimum Gasteiger partial charge on any atom is -0.461 e. The number of furan rings is 1. The molecule has 0 bridgehead atoms. The summed E-state index contributed by atoms with van der Waals surface area (Å²) in [6, 6.07) is 1.86. The van der Waals surface area contributed by atoms with Gasteiger partial charge < -0.3 is 4.42 Å². The van der Waals surface area contributed by atoms with E-state index in [1.54, 1.807) is 6.26 Å². The zero-order chi connectivity index (χ0) is 10.8. The molecule has 1 aromatic rings. The van der Waals surface area contributed by atoms with Gasteiger partial charge in [-0.2, -0.15) is 0 Å². The summed E-state index contributed by atoms with van der Waals surface area (Å²) in [7, 11) is 0. The molecule has 15 heavy (non-hydrogen) atoms. The van der Waals surface area contributed by atoms with Gasteiger partial charge in [0, 0.05) is 5.92 Å². The maximum Gasteiger partial charge on any atom is 0.201 e. The normalized spacial score (nSPS) is 26.5. The van der Waals surface area contributed by atoms with E-state index >= 15 is 0 Å². The number of carbonyl (C=O) groups excluding carboxylic acids is 1. The third-order valence-corrected chi connectivity index (χ3v) is 3.47. The monoisotopic (exact) mass is 206 g/mol. The molecule has 82 valence electrons. The maximum absolute atomic E-state index is 12.1. The van der Waals surface area contributed by atoms with Crippen LogP contribution in [0.15, 0.2) is 16.7 Å². The summed E-state index contributed by atoms with van der Waals surface area (Å²) in [5, 5.41) is 0. The summed E-state index contributed by atoms with van der Waals surface area (Å²) >= 11 is 0. The van der Waals surface area contributed by atoms with E-state index in [0.29, 0.717) is 5.76 Å². The lowest BCUT2D eigenvalue weighted by Crippen LogP contribution is -2.21. The van der Waals surface area contributed by atoms with Crippen molar-refractivity contribution in [3.05, 3.63) is 23.7 Å². The standard InChI is InChI=1S/C13H18O2/c1-9-3-5-11(6-4-9)12(14)13-10(2)7-8-15-13/h7-9,11H,3-6H2,1-2H3. The number of rotatable bonds is 2. The van der Waals surface area contributed by atoms with Gasteiger partial charge in [-0.25, -0.2) is 0 Å². The van der Waals surface area contributed by atoms with E-state index < -0.39 is 0 Å². The van der Waals surface area contributed by atoms with Crippen molar-refractivity contribution in [3.8, 4) is 0 Å². The molecule has 0 atom stereocenters. The Morgan fingerprint density at radius 3 is 2.53 bits per heavy atom. The van der Waals surface area contributed by atoms with Crippen LogP contribution in [0.3, 0.4) is 0 Å². The molecule has 1 aliphatic rings. The van der Waals surface area contributed by atoms with Crippen molar-refractivity contribution < 1.29 is 9.21 Å². The lowest BCUT2D eigenvalue weighted by Gasteiger charge is -2.24. The second-order valence-electron chi connectivity index (χ2n) is 4.75. The van der Waals surface area contributed by atoms with Crippen molar-refractivity contribution in [2.45, 2.75) is 39.5 Å². The predicted octanol–water partition coefficient (Wildman–Crippen LogP) is 3.60. The van der Waals surface area contributed by atoms with Crippen molar-refractivity contribution in [3.63, 3.8) is 0 Å². The van der Waals surface area contributed by atoms with E-state index in [0.717, 1.165) is 24.3 Å². The summed E-state index contributed by atoms with van der Waals surface area (Å²) < 4.78 is 5.26. The Hall–Kier alpha value is -1.05. The van der Waals surface area contributed by atoms with Crippen LogP contribution in [0.1, 0.15) is 48.7 Å². The fourth-order valence-corrected chi connectivity index (χ4v) is 2.33. The number of aryl methyl sites for hydroxylation is 1. The van der Waals surface area contributed by atoms with Gasteiger partial charge in [0.2, 0.25) is 5.78 Å². The lowest BCUT2D eigenvalue weighted by atomic mass is 9.80. The van der Waals surface area contributed by atoms with E-state index in [1.165, 1.54) is 12.8 Å². The molecule has 1 aromatic heterocycles.